The van der Waals surface area contributed by atoms with E-state index in [0.29, 0.717) is 12.3 Å². The van der Waals surface area contributed by atoms with Gasteiger partial charge in [0.2, 0.25) is 0 Å². The van der Waals surface area contributed by atoms with Gasteiger partial charge in [-0.1, -0.05) is 28.1 Å². The number of rotatable bonds is 5. The molecular weight excluding hydrogens is 318 g/mol. The first-order valence-corrected chi connectivity index (χ1v) is 8.05. The van der Waals surface area contributed by atoms with Crippen molar-refractivity contribution in [3.05, 3.63) is 34.3 Å². The number of nitrogens with zero attached hydrogens (tertiary/aromatic N) is 1. The van der Waals surface area contributed by atoms with Gasteiger partial charge in [0, 0.05) is 23.0 Å². The summed E-state index contributed by atoms with van der Waals surface area (Å²) in [4.78, 5) is 14.4. The summed E-state index contributed by atoms with van der Waals surface area (Å²) in [5, 5.41) is 9.58. The van der Waals surface area contributed by atoms with Gasteiger partial charge >= 0.3 is 0 Å². The van der Waals surface area contributed by atoms with Crippen LogP contribution in [-0.2, 0) is 0 Å². The highest BCUT2D eigenvalue weighted by Gasteiger charge is 2.22. The molecule has 1 aliphatic heterocycles. The third-order valence-electron chi connectivity index (χ3n) is 4.14. The summed E-state index contributed by atoms with van der Waals surface area (Å²) in [6.45, 7) is 4.67. The Bertz CT molecular complexity index is 436. The Kier molecular flexibility index (Phi) is 5.75. The molecular formula is C16H22BrNO2. The van der Waals surface area contributed by atoms with Gasteiger partial charge in [-0.15, -0.1) is 0 Å². The number of Topliss-reactive ketones (excluding diaryl/α,β-unsaturated/α-hetero) is 1. The maximum atomic E-state index is 12.1. The van der Waals surface area contributed by atoms with Crippen molar-refractivity contribution in [1.82, 2.24) is 4.90 Å². The fourth-order valence-electron chi connectivity index (χ4n) is 2.70. The zero-order chi connectivity index (χ0) is 14.5. The summed E-state index contributed by atoms with van der Waals surface area (Å²) in [5.41, 5.74) is 0.784. The number of likely N-dealkylation sites (tertiary alicyclic amines) is 1. The quantitative estimate of drug-likeness (QED) is 0.838. The van der Waals surface area contributed by atoms with Crippen LogP contribution in [0.15, 0.2) is 28.7 Å². The van der Waals surface area contributed by atoms with Crippen molar-refractivity contribution in [3.8, 4) is 0 Å². The molecule has 0 aliphatic carbocycles. The van der Waals surface area contributed by atoms with Crippen LogP contribution >= 0.6 is 15.9 Å². The molecule has 0 amide bonds. The zero-order valence-corrected chi connectivity index (χ0v) is 13.5. The number of piperidine rings is 1. The summed E-state index contributed by atoms with van der Waals surface area (Å²) in [6.07, 6.45) is 2.43. The minimum atomic E-state index is -0.207. The second-order valence-electron chi connectivity index (χ2n) is 5.60. The molecule has 0 aromatic heterocycles. The van der Waals surface area contributed by atoms with Crippen LogP contribution in [0, 0.1) is 5.92 Å². The molecule has 2 rings (SSSR count). The van der Waals surface area contributed by atoms with Crippen molar-refractivity contribution < 1.29 is 9.90 Å². The molecule has 0 saturated carbocycles. The fraction of sp³-hybridized carbons (Fsp3) is 0.562. The van der Waals surface area contributed by atoms with E-state index in [1.165, 1.54) is 0 Å². The number of hydrogen-bond acceptors (Lipinski definition) is 3. The highest BCUT2D eigenvalue weighted by Crippen LogP contribution is 2.20. The lowest BCUT2D eigenvalue weighted by Gasteiger charge is -2.33. The number of aliphatic hydroxyl groups is 1. The molecule has 1 aromatic rings. The van der Waals surface area contributed by atoms with Crippen LogP contribution in [0.5, 0.6) is 0 Å². The summed E-state index contributed by atoms with van der Waals surface area (Å²) >= 11 is 3.37. The van der Waals surface area contributed by atoms with Crippen molar-refractivity contribution in [1.29, 1.82) is 0 Å². The van der Waals surface area contributed by atoms with Gasteiger partial charge in [-0.25, -0.2) is 0 Å². The van der Waals surface area contributed by atoms with E-state index in [4.69, 9.17) is 0 Å². The summed E-state index contributed by atoms with van der Waals surface area (Å²) in [6, 6.07) is 7.54. The van der Waals surface area contributed by atoms with E-state index in [0.717, 1.165) is 42.5 Å². The second kappa shape index (κ2) is 7.34. The van der Waals surface area contributed by atoms with Gasteiger partial charge in [0.15, 0.2) is 5.78 Å². The van der Waals surface area contributed by atoms with Crippen molar-refractivity contribution in [3.63, 3.8) is 0 Å². The van der Waals surface area contributed by atoms with Crippen LogP contribution in [0.1, 0.15) is 36.5 Å². The first-order valence-electron chi connectivity index (χ1n) is 7.25. The van der Waals surface area contributed by atoms with E-state index in [1.54, 1.807) is 0 Å². The average Bonchev–Trinajstić information content (AvgIpc) is 2.46. The predicted octanol–water partition coefficient (Wildman–Crippen LogP) is 3.11. The van der Waals surface area contributed by atoms with E-state index in [1.807, 2.05) is 31.2 Å². The van der Waals surface area contributed by atoms with Crippen molar-refractivity contribution >= 4 is 21.7 Å². The Morgan fingerprint density at radius 3 is 2.50 bits per heavy atom. The highest BCUT2D eigenvalue weighted by molar-refractivity contribution is 9.10. The molecule has 1 fully saturated rings. The molecule has 1 atom stereocenters. The topological polar surface area (TPSA) is 40.5 Å². The molecule has 0 bridgehead atoms. The molecule has 20 heavy (non-hydrogen) atoms. The first-order chi connectivity index (χ1) is 9.56. The lowest BCUT2D eigenvalue weighted by molar-refractivity contribution is 0.0693. The third-order valence-corrected chi connectivity index (χ3v) is 4.66. The Balaban J connectivity index is 1.76. The standard InChI is InChI=1S/C16H22BrNO2/c1-12(19)13-6-9-18(10-7-13)11-8-16(20)14-2-4-15(17)5-3-14/h2-5,12-13,19H,6-11H2,1H3. The van der Waals surface area contributed by atoms with E-state index in [2.05, 4.69) is 20.8 Å². The number of halogens is 1. The molecule has 1 N–H and O–H groups in total. The molecule has 1 aliphatic rings. The van der Waals surface area contributed by atoms with Gasteiger partial charge in [0.05, 0.1) is 6.10 Å². The summed E-state index contributed by atoms with van der Waals surface area (Å²) in [5.74, 6) is 0.628. The Hall–Kier alpha value is -0.710. The number of carbonyl (C=O) groups excluding carboxylic acids is 1. The van der Waals surface area contributed by atoms with Crippen molar-refractivity contribution in [2.45, 2.75) is 32.3 Å². The molecule has 1 heterocycles. The van der Waals surface area contributed by atoms with Gasteiger partial charge in [0.25, 0.3) is 0 Å². The molecule has 4 heteroatoms. The first kappa shape index (κ1) is 15.7. The largest absolute Gasteiger partial charge is 0.393 e. The molecule has 0 spiro atoms. The van der Waals surface area contributed by atoms with Crippen LogP contribution < -0.4 is 0 Å². The van der Waals surface area contributed by atoms with E-state index >= 15 is 0 Å². The average molecular weight is 340 g/mol. The van der Waals surface area contributed by atoms with Gasteiger partial charge < -0.3 is 10.0 Å². The molecule has 1 saturated heterocycles. The lowest BCUT2D eigenvalue weighted by Crippen LogP contribution is -2.38. The predicted molar refractivity (Wildman–Crippen MR) is 83.9 cm³/mol. The smallest absolute Gasteiger partial charge is 0.164 e. The van der Waals surface area contributed by atoms with Crippen LogP contribution in [-0.4, -0.2) is 41.5 Å². The van der Waals surface area contributed by atoms with Crippen LogP contribution in [0.2, 0.25) is 0 Å². The zero-order valence-electron chi connectivity index (χ0n) is 11.9. The van der Waals surface area contributed by atoms with E-state index in [-0.39, 0.29) is 11.9 Å². The number of ketones is 1. The van der Waals surface area contributed by atoms with E-state index in [9.17, 15) is 9.90 Å². The summed E-state index contributed by atoms with van der Waals surface area (Å²) in [7, 11) is 0. The maximum Gasteiger partial charge on any atom is 0.164 e. The molecule has 1 unspecified atom stereocenters. The minimum Gasteiger partial charge on any atom is -0.393 e. The third kappa shape index (κ3) is 4.40. The molecule has 0 radical (unpaired) electrons. The molecule has 3 nitrogen and oxygen atoms in total. The van der Waals surface area contributed by atoms with Crippen LogP contribution in [0.4, 0.5) is 0 Å². The Morgan fingerprint density at radius 1 is 1.35 bits per heavy atom. The number of hydrogen-bond donors (Lipinski definition) is 1. The highest BCUT2D eigenvalue weighted by atomic mass is 79.9. The second-order valence-corrected chi connectivity index (χ2v) is 6.52. The Labute approximate surface area is 129 Å². The normalized spacial score (nSPS) is 18.9. The van der Waals surface area contributed by atoms with Gasteiger partial charge in [-0.3, -0.25) is 4.79 Å². The minimum absolute atomic E-state index is 0.204. The SMILES string of the molecule is CC(O)C1CCN(CCC(=O)c2ccc(Br)cc2)CC1. The van der Waals surface area contributed by atoms with Crippen LogP contribution in [0.25, 0.3) is 0 Å². The monoisotopic (exact) mass is 339 g/mol. The number of benzene rings is 1. The van der Waals surface area contributed by atoms with E-state index < -0.39 is 0 Å². The van der Waals surface area contributed by atoms with Crippen LogP contribution in [0.3, 0.4) is 0 Å². The summed E-state index contributed by atoms with van der Waals surface area (Å²) < 4.78 is 0.995. The maximum absolute atomic E-state index is 12.1. The van der Waals surface area contributed by atoms with Gasteiger partial charge in [-0.05, 0) is 50.9 Å². The molecule has 110 valence electrons. The number of carbonyl (C=O) groups is 1. The molecule has 1 aromatic carbocycles. The lowest BCUT2D eigenvalue weighted by atomic mass is 9.92. The van der Waals surface area contributed by atoms with Gasteiger partial charge in [0.1, 0.15) is 0 Å². The van der Waals surface area contributed by atoms with Crippen molar-refractivity contribution in [2.24, 2.45) is 5.92 Å². The number of aliphatic hydroxyl groups excluding tert-OH is 1. The van der Waals surface area contributed by atoms with Crippen molar-refractivity contribution in [2.75, 3.05) is 19.6 Å². The Morgan fingerprint density at radius 2 is 1.95 bits per heavy atom. The fourth-order valence-corrected chi connectivity index (χ4v) is 2.96. The van der Waals surface area contributed by atoms with Gasteiger partial charge in [-0.2, -0.15) is 0 Å².